The number of guanidine groups is 2. The Kier molecular flexibility index (Phi) is 2.37. The molecule has 0 bridgehead atoms. The summed E-state index contributed by atoms with van der Waals surface area (Å²) < 4.78 is 5.23. The van der Waals surface area contributed by atoms with Gasteiger partial charge in [-0.05, 0) is 17.3 Å². The fourth-order valence-electron chi connectivity index (χ4n) is 1.42. The highest BCUT2D eigenvalue weighted by Gasteiger charge is 2.19. The van der Waals surface area contributed by atoms with Gasteiger partial charge in [-0.3, -0.25) is 10.6 Å². The Balaban J connectivity index is 1.83. The molecule has 92 valence electrons. The molecular weight excluding hydrogens is 238 g/mol. The molecule has 3 rings (SSSR count). The van der Waals surface area contributed by atoms with E-state index < -0.39 is 6.17 Å². The first kappa shape index (κ1) is 10.3. The van der Waals surface area contributed by atoms with Crippen LogP contribution in [0.4, 0.5) is 5.95 Å². The normalized spacial score (nSPS) is 18.8. The third-order valence-corrected chi connectivity index (χ3v) is 2.13. The number of H-pyrrole nitrogens is 1. The maximum Gasteiger partial charge on any atom is 0.269 e. The van der Waals surface area contributed by atoms with Crippen molar-refractivity contribution in [3.05, 3.63) is 24.2 Å². The molecule has 0 radical (unpaired) electrons. The number of nitrogens with one attached hydrogen (secondary N) is 3. The zero-order valence-electron chi connectivity index (χ0n) is 9.03. The number of aliphatic imine (C=N–C) groups is 2. The van der Waals surface area contributed by atoms with Gasteiger partial charge >= 0.3 is 0 Å². The molecule has 1 aliphatic rings. The van der Waals surface area contributed by atoms with Crippen LogP contribution >= 0.6 is 0 Å². The van der Waals surface area contributed by atoms with Crippen LogP contribution in [0, 0.1) is 0 Å². The van der Waals surface area contributed by atoms with Crippen molar-refractivity contribution in [1.82, 2.24) is 25.9 Å². The van der Waals surface area contributed by atoms with E-state index in [1.807, 2.05) is 0 Å². The number of tetrazole rings is 1. The topological polar surface area (TPSA) is 142 Å². The third kappa shape index (κ3) is 1.98. The van der Waals surface area contributed by atoms with Gasteiger partial charge in [0.15, 0.2) is 11.7 Å². The van der Waals surface area contributed by atoms with E-state index in [-0.39, 0.29) is 11.9 Å². The Morgan fingerprint density at radius 2 is 2.33 bits per heavy atom. The summed E-state index contributed by atoms with van der Waals surface area (Å²) in [6, 6.07) is 3.52. The minimum atomic E-state index is -0.532. The lowest BCUT2D eigenvalue weighted by Crippen LogP contribution is -2.43. The van der Waals surface area contributed by atoms with Gasteiger partial charge in [0.25, 0.3) is 5.95 Å². The van der Waals surface area contributed by atoms with Gasteiger partial charge in [-0.2, -0.15) is 5.21 Å². The van der Waals surface area contributed by atoms with E-state index in [2.05, 4.69) is 41.2 Å². The first-order valence-electron chi connectivity index (χ1n) is 5.03. The molecule has 0 saturated carbocycles. The van der Waals surface area contributed by atoms with Gasteiger partial charge in [-0.1, -0.05) is 5.10 Å². The predicted molar refractivity (Wildman–Crippen MR) is 61.4 cm³/mol. The maximum atomic E-state index is 5.66. The molecule has 0 amide bonds. The van der Waals surface area contributed by atoms with Gasteiger partial charge in [-0.15, -0.1) is 5.10 Å². The number of hydrogen-bond acceptors (Lipinski definition) is 9. The highest BCUT2D eigenvalue weighted by atomic mass is 16.3. The van der Waals surface area contributed by atoms with Crippen LogP contribution in [0.25, 0.3) is 0 Å². The molecule has 0 aromatic carbocycles. The Morgan fingerprint density at radius 3 is 3.06 bits per heavy atom. The van der Waals surface area contributed by atoms with Crippen LogP contribution in [0.1, 0.15) is 11.9 Å². The lowest BCUT2D eigenvalue weighted by Gasteiger charge is -2.17. The number of rotatable bonds is 2. The van der Waals surface area contributed by atoms with Gasteiger partial charge in [0, 0.05) is 0 Å². The number of nitrogens with two attached hydrogens (primary N) is 1. The molecule has 1 unspecified atom stereocenters. The quantitative estimate of drug-likeness (QED) is 0.542. The van der Waals surface area contributed by atoms with Gasteiger partial charge in [0.1, 0.15) is 0 Å². The van der Waals surface area contributed by atoms with Crippen LogP contribution in [-0.2, 0) is 0 Å². The van der Waals surface area contributed by atoms with E-state index in [0.717, 1.165) is 0 Å². The second-order valence-corrected chi connectivity index (χ2v) is 3.37. The summed E-state index contributed by atoms with van der Waals surface area (Å²) in [5.74, 6) is 1.45. The first-order valence-corrected chi connectivity index (χ1v) is 5.03. The summed E-state index contributed by atoms with van der Waals surface area (Å²) in [7, 11) is 0. The fraction of sp³-hybridized carbons (Fsp3) is 0.125. The van der Waals surface area contributed by atoms with Crippen molar-refractivity contribution < 1.29 is 4.42 Å². The molecule has 0 spiro atoms. The fourth-order valence-corrected chi connectivity index (χ4v) is 1.42. The number of aromatic nitrogens is 4. The van der Waals surface area contributed by atoms with Crippen molar-refractivity contribution in [2.45, 2.75) is 6.17 Å². The highest BCUT2D eigenvalue weighted by molar-refractivity contribution is 6.05. The lowest BCUT2D eigenvalue weighted by atomic mass is 10.3. The molecule has 1 aliphatic heterocycles. The SMILES string of the molecule is NC1=NC(c2ccco2)N=C(Nc2nn[nH]n2)N1. The van der Waals surface area contributed by atoms with E-state index in [1.54, 1.807) is 18.4 Å². The predicted octanol–water partition coefficient (Wildman–Crippen LogP) is -0.823. The minimum absolute atomic E-state index is 0.220. The molecule has 2 aromatic rings. The van der Waals surface area contributed by atoms with E-state index in [0.29, 0.717) is 11.7 Å². The zero-order valence-corrected chi connectivity index (χ0v) is 9.03. The zero-order chi connectivity index (χ0) is 12.4. The molecular formula is C8H9N9O. The van der Waals surface area contributed by atoms with Gasteiger partial charge in [0.05, 0.1) is 6.26 Å². The van der Waals surface area contributed by atoms with Gasteiger partial charge in [-0.25, -0.2) is 9.98 Å². The van der Waals surface area contributed by atoms with E-state index in [4.69, 9.17) is 10.2 Å². The van der Waals surface area contributed by atoms with E-state index in [9.17, 15) is 0 Å². The van der Waals surface area contributed by atoms with Crippen LogP contribution in [-0.4, -0.2) is 32.5 Å². The molecule has 0 saturated heterocycles. The maximum absolute atomic E-state index is 5.66. The van der Waals surface area contributed by atoms with E-state index in [1.165, 1.54) is 0 Å². The molecule has 10 heteroatoms. The van der Waals surface area contributed by atoms with E-state index >= 15 is 0 Å². The molecule has 10 nitrogen and oxygen atoms in total. The Hall–Kier alpha value is -2.91. The van der Waals surface area contributed by atoms with Crippen molar-refractivity contribution in [3.8, 4) is 0 Å². The summed E-state index contributed by atoms with van der Waals surface area (Å²) in [6.45, 7) is 0. The Labute approximate surface area is 100 Å². The van der Waals surface area contributed by atoms with Crippen LogP contribution in [0.2, 0.25) is 0 Å². The van der Waals surface area contributed by atoms with Crippen molar-refractivity contribution >= 4 is 17.9 Å². The molecule has 3 heterocycles. The third-order valence-electron chi connectivity index (χ3n) is 2.13. The van der Waals surface area contributed by atoms with Crippen molar-refractivity contribution in [2.24, 2.45) is 15.7 Å². The standard InChI is InChI=1S/C8H9N9O/c9-6-10-5(4-2-1-3-18-4)11-7(12-6)13-8-14-16-17-15-8/h1-3,5H,(H5,9,10,11,12,13,14,15,16,17). The summed E-state index contributed by atoms with van der Waals surface area (Å²) in [4.78, 5) is 8.36. The molecule has 5 N–H and O–H groups in total. The lowest BCUT2D eigenvalue weighted by molar-refractivity contribution is 0.471. The van der Waals surface area contributed by atoms with Gasteiger partial charge in [0.2, 0.25) is 12.1 Å². The monoisotopic (exact) mass is 247 g/mol. The summed E-state index contributed by atoms with van der Waals surface area (Å²) in [5, 5.41) is 18.8. The smallest absolute Gasteiger partial charge is 0.269 e. The summed E-state index contributed by atoms with van der Waals surface area (Å²) in [5.41, 5.74) is 5.66. The van der Waals surface area contributed by atoms with Crippen molar-refractivity contribution in [1.29, 1.82) is 0 Å². The second-order valence-electron chi connectivity index (χ2n) is 3.37. The molecule has 1 atom stereocenters. The Morgan fingerprint density at radius 1 is 1.39 bits per heavy atom. The number of hydrogen-bond donors (Lipinski definition) is 4. The number of aromatic amines is 1. The van der Waals surface area contributed by atoms with Crippen LogP contribution < -0.4 is 16.4 Å². The Bertz CT molecular complexity index is 570. The average Bonchev–Trinajstić information content (AvgIpc) is 3.00. The molecule has 18 heavy (non-hydrogen) atoms. The van der Waals surface area contributed by atoms with Crippen molar-refractivity contribution in [2.75, 3.05) is 5.32 Å². The number of furan rings is 1. The van der Waals surface area contributed by atoms with Crippen molar-refractivity contribution in [3.63, 3.8) is 0 Å². The van der Waals surface area contributed by atoms with Gasteiger partial charge < -0.3 is 10.2 Å². The number of anilines is 1. The van der Waals surface area contributed by atoms with Crippen LogP contribution in [0.5, 0.6) is 0 Å². The number of nitrogens with zero attached hydrogens (tertiary/aromatic N) is 5. The molecule has 0 aliphatic carbocycles. The summed E-state index contributed by atoms with van der Waals surface area (Å²) in [6.07, 6.45) is 1.01. The first-order chi connectivity index (χ1) is 8.81. The largest absolute Gasteiger partial charge is 0.465 e. The highest BCUT2D eigenvalue weighted by Crippen LogP contribution is 2.20. The average molecular weight is 247 g/mol. The minimum Gasteiger partial charge on any atom is -0.465 e. The second kappa shape index (κ2) is 4.16. The summed E-state index contributed by atoms with van der Waals surface area (Å²) >= 11 is 0. The van der Waals surface area contributed by atoms with Crippen LogP contribution in [0.15, 0.2) is 32.8 Å². The van der Waals surface area contributed by atoms with Crippen LogP contribution in [0.3, 0.4) is 0 Å². The molecule has 2 aromatic heterocycles. The molecule has 0 fully saturated rings.